The minimum absolute atomic E-state index is 0.0558. The Kier molecular flexibility index (Phi) is 4.22. The molecule has 5 nitrogen and oxygen atoms in total. The van der Waals surface area contributed by atoms with Crippen molar-refractivity contribution in [3.05, 3.63) is 39.1 Å². The average Bonchev–Trinajstić information content (AvgIpc) is 2.77. The van der Waals surface area contributed by atoms with Crippen molar-refractivity contribution in [3.8, 4) is 0 Å². The van der Waals surface area contributed by atoms with E-state index >= 15 is 0 Å². The number of nitrogens with one attached hydrogen (secondary N) is 1. The number of hydrazine groups is 1. The third-order valence-electron chi connectivity index (χ3n) is 3.83. The Morgan fingerprint density at radius 2 is 1.95 bits per heavy atom. The molecule has 2 rings (SSSR count). The minimum atomic E-state index is -0.0558. The quantitative estimate of drug-likeness (QED) is 0.672. The van der Waals surface area contributed by atoms with E-state index in [-0.39, 0.29) is 6.04 Å². The summed E-state index contributed by atoms with van der Waals surface area (Å²) in [6.45, 7) is 7.85. The number of nitrogens with zero attached hydrogens (tertiary/aromatic N) is 2. The fraction of sp³-hybridized carbons (Fsp3) is 0.500. The lowest BCUT2D eigenvalue weighted by atomic mass is 9.98. The zero-order valence-corrected chi connectivity index (χ0v) is 13.3. The number of aryl methyl sites for hydroxylation is 4. The molecule has 1 atom stereocenters. The Morgan fingerprint density at radius 3 is 2.35 bits per heavy atom. The molecule has 0 aliphatic heterocycles. The molecule has 2 aromatic rings. The highest BCUT2D eigenvalue weighted by Gasteiger charge is 2.23. The van der Waals surface area contributed by atoms with Gasteiger partial charge in [-0.3, -0.25) is 16.0 Å². The number of aromatic nitrogens is 2. The molecule has 0 fully saturated rings. The van der Waals surface area contributed by atoms with Crippen LogP contribution in [0.1, 0.15) is 40.1 Å². The predicted molar refractivity (Wildman–Crippen MR) is 79.6 cm³/mol. The van der Waals surface area contributed by atoms with Crippen LogP contribution in [0.5, 0.6) is 0 Å². The molecule has 2 aromatic heterocycles. The van der Waals surface area contributed by atoms with Gasteiger partial charge in [0.05, 0.1) is 22.5 Å². The third-order valence-corrected chi connectivity index (χ3v) is 4.32. The van der Waals surface area contributed by atoms with Gasteiger partial charge in [-0.25, -0.2) is 0 Å². The van der Waals surface area contributed by atoms with Crippen molar-refractivity contribution in [2.24, 2.45) is 12.9 Å². The number of halogens is 1. The Balaban J connectivity index is 2.39. The lowest BCUT2D eigenvalue weighted by Crippen LogP contribution is -2.31. The molecule has 0 aromatic carbocycles. The molecule has 3 N–H and O–H groups in total. The lowest BCUT2D eigenvalue weighted by Gasteiger charge is -2.17. The Morgan fingerprint density at radius 1 is 1.30 bits per heavy atom. The van der Waals surface area contributed by atoms with Crippen molar-refractivity contribution >= 4 is 11.6 Å². The summed E-state index contributed by atoms with van der Waals surface area (Å²) in [6, 6.07) is -0.0558. The van der Waals surface area contributed by atoms with Crippen molar-refractivity contribution in [1.82, 2.24) is 15.2 Å². The van der Waals surface area contributed by atoms with Crippen LogP contribution in [0.4, 0.5) is 0 Å². The van der Waals surface area contributed by atoms with Crippen LogP contribution < -0.4 is 11.3 Å². The highest BCUT2D eigenvalue weighted by atomic mass is 35.5. The maximum Gasteiger partial charge on any atom is 0.106 e. The monoisotopic (exact) mass is 296 g/mol. The van der Waals surface area contributed by atoms with E-state index in [1.807, 2.05) is 34.7 Å². The fourth-order valence-corrected chi connectivity index (χ4v) is 2.90. The van der Waals surface area contributed by atoms with Gasteiger partial charge in [0.25, 0.3) is 0 Å². The van der Waals surface area contributed by atoms with E-state index in [0.29, 0.717) is 11.4 Å². The van der Waals surface area contributed by atoms with Crippen molar-refractivity contribution in [1.29, 1.82) is 0 Å². The van der Waals surface area contributed by atoms with E-state index in [4.69, 9.17) is 21.9 Å². The molecule has 0 aliphatic rings. The van der Waals surface area contributed by atoms with Crippen molar-refractivity contribution in [2.75, 3.05) is 0 Å². The summed E-state index contributed by atoms with van der Waals surface area (Å²) < 4.78 is 7.49. The molecule has 0 amide bonds. The van der Waals surface area contributed by atoms with E-state index in [1.54, 1.807) is 4.68 Å². The van der Waals surface area contributed by atoms with Crippen LogP contribution in [0.15, 0.2) is 4.42 Å². The molecule has 110 valence electrons. The van der Waals surface area contributed by atoms with Crippen molar-refractivity contribution in [3.63, 3.8) is 0 Å². The van der Waals surface area contributed by atoms with Gasteiger partial charge in [-0.05, 0) is 33.3 Å². The lowest BCUT2D eigenvalue weighted by molar-refractivity contribution is 0.480. The normalized spacial score (nSPS) is 12.9. The zero-order valence-electron chi connectivity index (χ0n) is 12.5. The smallest absolute Gasteiger partial charge is 0.106 e. The summed E-state index contributed by atoms with van der Waals surface area (Å²) in [7, 11) is 1.89. The first kappa shape index (κ1) is 15.1. The molecule has 0 saturated carbocycles. The second kappa shape index (κ2) is 5.60. The Bertz CT molecular complexity index is 630. The van der Waals surface area contributed by atoms with Crippen LogP contribution in [-0.4, -0.2) is 9.78 Å². The van der Waals surface area contributed by atoms with E-state index in [1.165, 1.54) is 0 Å². The van der Waals surface area contributed by atoms with Gasteiger partial charge in [0.1, 0.15) is 11.5 Å². The summed E-state index contributed by atoms with van der Waals surface area (Å²) in [5, 5.41) is 5.03. The van der Waals surface area contributed by atoms with Gasteiger partial charge in [-0.15, -0.1) is 0 Å². The van der Waals surface area contributed by atoms with Crippen LogP contribution in [0, 0.1) is 27.7 Å². The van der Waals surface area contributed by atoms with Gasteiger partial charge < -0.3 is 4.42 Å². The molecule has 0 radical (unpaired) electrons. The van der Waals surface area contributed by atoms with E-state index in [0.717, 1.165) is 34.0 Å². The van der Waals surface area contributed by atoms with Crippen LogP contribution in [0.2, 0.25) is 5.02 Å². The fourth-order valence-electron chi connectivity index (χ4n) is 2.66. The molecular formula is C14H21ClN4O. The van der Waals surface area contributed by atoms with Crippen LogP contribution >= 0.6 is 11.6 Å². The first-order valence-electron chi connectivity index (χ1n) is 6.57. The van der Waals surface area contributed by atoms with Crippen molar-refractivity contribution < 1.29 is 4.42 Å². The highest BCUT2D eigenvalue weighted by molar-refractivity contribution is 6.31. The number of hydrogen-bond donors (Lipinski definition) is 2. The van der Waals surface area contributed by atoms with Crippen molar-refractivity contribution in [2.45, 2.75) is 40.2 Å². The zero-order chi connectivity index (χ0) is 15.0. The Hall–Kier alpha value is -1.30. The van der Waals surface area contributed by atoms with Gasteiger partial charge in [0.15, 0.2) is 0 Å². The summed E-state index contributed by atoms with van der Waals surface area (Å²) in [5.74, 6) is 7.55. The molecule has 1 unspecified atom stereocenters. The maximum absolute atomic E-state index is 6.31. The third kappa shape index (κ3) is 2.49. The van der Waals surface area contributed by atoms with Gasteiger partial charge in [0.2, 0.25) is 0 Å². The molecule has 0 aliphatic carbocycles. The molecule has 2 heterocycles. The average molecular weight is 297 g/mol. The summed E-state index contributed by atoms with van der Waals surface area (Å²) in [5.41, 5.74) is 6.88. The van der Waals surface area contributed by atoms with E-state index in [9.17, 15) is 0 Å². The minimum Gasteiger partial charge on any atom is -0.466 e. The maximum atomic E-state index is 6.31. The van der Waals surface area contributed by atoms with Crippen LogP contribution in [0.25, 0.3) is 0 Å². The number of nitrogens with two attached hydrogens (primary N) is 1. The van der Waals surface area contributed by atoms with Gasteiger partial charge in [-0.1, -0.05) is 11.6 Å². The number of furan rings is 1. The topological polar surface area (TPSA) is 69.0 Å². The molecule has 20 heavy (non-hydrogen) atoms. The van der Waals surface area contributed by atoms with Crippen LogP contribution in [-0.2, 0) is 13.5 Å². The van der Waals surface area contributed by atoms with Gasteiger partial charge >= 0.3 is 0 Å². The largest absolute Gasteiger partial charge is 0.466 e. The first-order valence-corrected chi connectivity index (χ1v) is 6.95. The molecular weight excluding hydrogens is 276 g/mol. The summed E-state index contributed by atoms with van der Waals surface area (Å²) >= 11 is 6.31. The molecule has 6 heteroatoms. The summed E-state index contributed by atoms with van der Waals surface area (Å²) in [6.07, 6.45) is 0.660. The molecule has 0 spiro atoms. The molecule has 0 bridgehead atoms. The highest BCUT2D eigenvalue weighted by Crippen LogP contribution is 2.31. The second-order valence-corrected chi connectivity index (χ2v) is 5.52. The van der Waals surface area contributed by atoms with Gasteiger partial charge in [0, 0.05) is 19.0 Å². The van der Waals surface area contributed by atoms with E-state index in [2.05, 4.69) is 10.5 Å². The number of rotatable bonds is 4. The first-order chi connectivity index (χ1) is 9.36. The Labute approximate surface area is 124 Å². The van der Waals surface area contributed by atoms with Crippen LogP contribution in [0.3, 0.4) is 0 Å². The van der Waals surface area contributed by atoms with E-state index < -0.39 is 0 Å². The molecule has 0 saturated heterocycles. The standard InChI is InChI=1S/C14H21ClN4O/c1-7-9(3)20-10(4)13(7)11(17-16)6-12-14(15)8(2)18-19(12)5/h11,17H,6,16H2,1-5H3. The predicted octanol–water partition coefficient (Wildman–Crippen LogP) is 2.65. The number of hydrogen-bond acceptors (Lipinski definition) is 4. The SMILES string of the molecule is Cc1nn(C)c(CC(NN)c2c(C)oc(C)c2C)c1Cl. The second-order valence-electron chi connectivity index (χ2n) is 5.15. The summed E-state index contributed by atoms with van der Waals surface area (Å²) in [4.78, 5) is 0. The van der Waals surface area contributed by atoms with Gasteiger partial charge in [-0.2, -0.15) is 5.10 Å².